The van der Waals surface area contributed by atoms with Crippen molar-refractivity contribution in [2.75, 3.05) is 12.4 Å². The third-order valence-electron chi connectivity index (χ3n) is 2.12. The van der Waals surface area contributed by atoms with E-state index < -0.39 is 12.1 Å². The van der Waals surface area contributed by atoms with E-state index in [4.69, 9.17) is 4.74 Å². The second kappa shape index (κ2) is 5.96. The first kappa shape index (κ1) is 13.0. The molecule has 1 aromatic carbocycles. The molecule has 1 N–H and O–H groups in total. The number of thiazole rings is 1. The minimum atomic E-state index is -0.694. The van der Waals surface area contributed by atoms with Crippen molar-refractivity contribution in [3.05, 3.63) is 41.5 Å². The number of esters is 1. The molecule has 19 heavy (non-hydrogen) atoms. The Balaban J connectivity index is 2.04. The molecule has 0 aliphatic rings. The van der Waals surface area contributed by atoms with E-state index in [-0.39, 0.29) is 10.7 Å². The maximum absolute atomic E-state index is 11.6. The van der Waals surface area contributed by atoms with E-state index in [1.807, 2.05) is 6.07 Å². The first-order valence-electron chi connectivity index (χ1n) is 5.26. The number of hydrogen-bond acceptors (Lipinski definition) is 6. The Morgan fingerprint density at radius 1 is 1.26 bits per heavy atom. The van der Waals surface area contributed by atoms with Gasteiger partial charge in [0.25, 0.3) is 0 Å². The second-order valence-corrected chi connectivity index (χ2v) is 4.20. The molecule has 0 bridgehead atoms. The number of methoxy groups -OCH3 is 1. The number of amides is 1. The Hall–Kier alpha value is -2.41. The Bertz CT molecular complexity index is 582. The van der Waals surface area contributed by atoms with Crippen LogP contribution < -0.4 is 10.1 Å². The first-order chi connectivity index (χ1) is 9.20. The maximum Gasteiger partial charge on any atom is 0.417 e. The van der Waals surface area contributed by atoms with Crippen molar-refractivity contribution in [3.8, 4) is 5.75 Å². The second-order valence-electron chi connectivity index (χ2n) is 3.35. The van der Waals surface area contributed by atoms with Gasteiger partial charge >= 0.3 is 12.1 Å². The van der Waals surface area contributed by atoms with Crippen molar-refractivity contribution in [3.63, 3.8) is 0 Å². The summed E-state index contributed by atoms with van der Waals surface area (Å²) < 4.78 is 9.58. The summed E-state index contributed by atoms with van der Waals surface area (Å²) in [5.41, 5.74) is 1.49. The van der Waals surface area contributed by atoms with Crippen molar-refractivity contribution in [1.29, 1.82) is 0 Å². The fraction of sp³-hybridized carbons (Fsp3) is 0.0833. The van der Waals surface area contributed by atoms with E-state index in [2.05, 4.69) is 15.0 Å². The van der Waals surface area contributed by atoms with Crippen molar-refractivity contribution < 1.29 is 19.1 Å². The molecule has 0 atom stereocenters. The van der Waals surface area contributed by atoms with E-state index in [0.717, 1.165) is 11.3 Å². The number of nitrogens with one attached hydrogen (secondary N) is 1. The fourth-order valence-corrected chi connectivity index (χ4v) is 1.94. The average molecular weight is 278 g/mol. The highest BCUT2D eigenvalue weighted by atomic mass is 32.1. The van der Waals surface area contributed by atoms with Crippen LogP contribution in [0, 0.1) is 0 Å². The standard InChI is InChI=1S/C12H10N2O4S/c1-17-11(15)9-10(19-7-13-9)14-12(16)18-8-5-3-2-4-6-8/h2-7H,1H3,(H,14,16). The summed E-state index contributed by atoms with van der Waals surface area (Å²) in [6, 6.07) is 8.59. The van der Waals surface area contributed by atoms with Gasteiger partial charge in [-0.2, -0.15) is 0 Å². The van der Waals surface area contributed by atoms with Crippen LogP contribution in [0.4, 0.5) is 9.80 Å². The van der Waals surface area contributed by atoms with Gasteiger partial charge in [-0.15, -0.1) is 11.3 Å². The number of carbonyl (C=O) groups excluding carboxylic acids is 2. The van der Waals surface area contributed by atoms with Gasteiger partial charge in [0.1, 0.15) is 10.8 Å². The van der Waals surface area contributed by atoms with Gasteiger partial charge in [-0.05, 0) is 12.1 Å². The summed E-state index contributed by atoms with van der Waals surface area (Å²) in [7, 11) is 1.24. The van der Waals surface area contributed by atoms with Gasteiger partial charge in [0.2, 0.25) is 0 Å². The van der Waals surface area contributed by atoms with Crippen molar-refractivity contribution in [1.82, 2.24) is 4.98 Å². The van der Waals surface area contributed by atoms with Gasteiger partial charge in [0.15, 0.2) is 5.69 Å². The third kappa shape index (κ3) is 3.29. The van der Waals surface area contributed by atoms with Gasteiger partial charge in [-0.3, -0.25) is 5.32 Å². The summed E-state index contributed by atoms with van der Waals surface area (Å²) in [6.45, 7) is 0. The molecule has 7 heteroatoms. The van der Waals surface area contributed by atoms with E-state index in [9.17, 15) is 9.59 Å². The highest BCUT2D eigenvalue weighted by molar-refractivity contribution is 7.14. The molecule has 98 valence electrons. The van der Waals surface area contributed by atoms with E-state index in [0.29, 0.717) is 5.75 Å². The molecular weight excluding hydrogens is 268 g/mol. The van der Waals surface area contributed by atoms with Crippen LogP contribution in [0.5, 0.6) is 5.75 Å². The lowest BCUT2D eigenvalue weighted by atomic mass is 10.3. The summed E-state index contributed by atoms with van der Waals surface area (Å²) in [5, 5.41) is 2.73. The van der Waals surface area contributed by atoms with Crippen LogP contribution in [0.3, 0.4) is 0 Å². The predicted molar refractivity (Wildman–Crippen MR) is 69.5 cm³/mol. The Kier molecular flexibility index (Phi) is 4.09. The molecular formula is C12H10N2O4S. The van der Waals surface area contributed by atoms with E-state index in [1.54, 1.807) is 24.3 Å². The van der Waals surface area contributed by atoms with Crippen LogP contribution in [0.15, 0.2) is 35.8 Å². The van der Waals surface area contributed by atoms with Crippen LogP contribution in [0.25, 0.3) is 0 Å². The molecule has 1 aromatic heterocycles. The number of nitrogens with zero attached hydrogens (tertiary/aromatic N) is 1. The molecule has 0 fully saturated rings. The Morgan fingerprint density at radius 3 is 2.68 bits per heavy atom. The lowest BCUT2D eigenvalue weighted by Crippen LogP contribution is -2.18. The van der Waals surface area contributed by atoms with Crippen LogP contribution in [-0.2, 0) is 4.74 Å². The number of hydrogen-bond donors (Lipinski definition) is 1. The topological polar surface area (TPSA) is 77.5 Å². The van der Waals surface area contributed by atoms with Crippen molar-refractivity contribution in [2.24, 2.45) is 0 Å². The largest absolute Gasteiger partial charge is 0.464 e. The molecule has 0 radical (unpaired) electrons. The molecule has 1 amide bonds. The zero-order valence-electron chi connectivity index (χ0n) is 9.95. The average Bonchev–Trinajstić information content (AvgIpc) is 2.87. The molecule has 6 nitrogen and oxygen atoms in total. The molecule has 0 saturated carbocycles. The maximum atomic E-state index is 11.6. The summed E-state index contributed by atoms with van der Waals surface area (Å²) in [4.78, 5) is 26.8. The number of para-hydroxylation sites is 1. The lowest BCUT2D eigenvalue weighted by Gasteiger charge is -2.05. The van der Waals surface area contributed by atoms with Gasteiger partial charge in [0, 0.05) is 0 Å². The Labute approximate surface area is 113 Å². The minimum Gasteiger partial charge on any atom is -0.464 e. The molecule has 1 heterocycles. The molecule has 2 rings (SSSR count). The van der Waals surface area contributed by atoms with Crippen LogP contribution in [0.1, 0.15) is 10.5 Å². The summed E-state index contributed by atoms with van der Waals surface area (Å²) >= 11 is 1.11. The molecule has 0 unspecified atom stereocenters. The normalized spacial score (nSPS) is 9.74. The number of aromatic nitrogens is 1. The minimum absolute atomic E-state index is 0.0533. The highest BCUT2D eigenvalue weighted by Gasteiger charge is 2.17. The number of ether oxygens (including phenoxy) is 2. The third-order valence-corrected chi connectivity index (χ3v) is 2.86. The van der Waals surface area contributed by atoms with Gasteiger partial charge in [-0.25, -0.2) is 14.6 Å². The number of rotatable bonds is 3. The van der Waals surface area contributed by atoms with Crippen molar-refractivity contribution in [2.45, 2.75) is 0 Å². The molecule has 0 aliphatic heterocycles. The predicted octanol–water partition coefficient (Wildman–Crippen LogP) is 2.54. The van der Waals surface area contributed by atoms with Gasteiger partial charge < -0.3 is 9.47 Å². The lowest BCUT2D eigenvalue weighted by molar-refractivity contribution is 0.0596. The van der Waals surface area contributed by atoms with Crippen LogP contribution >= 0.6 is 11.3 Å². The van der Waals surface area contributed by atoms with Gasteiger partial charge in [0.05, 0.1) is 12.6 Å². The molecule has 2 aromatic rings. The number of carbonyl (C=O) groups is 2. The van der Waals surface area contributed by atoms with Crippen LogP contribution in [-0.4, -0.2) is 24.2 Å². The number of benzene rings is 1. The number of anilines is 1. The monoisotopic (exact) mass is 278 g/mol. The molecule has 0 aliphatic carbocycles. The highest BCUT2D eigenvalue weighted by Crippen LogP contribution is 2.21. The SMILES string of the molecule is COC(=O)c1ncsc1NC(=O)Oc1ccccc1. The van der Waals surface area contributed by atoms with Crippen LogP contribution in [0.2, 0.25) is 0 Å². The quantitative estimate of drug-likeness (QED) is 0.873. The zero-order valence-corrected chi connectivity index (χ0v) is 10.8. The zero-order chi connectivity index (χ0) is 13.7. The van der Waals surface area contributed by atoms with E-state index >= 15 is 0 Å². The summed E-state index contributed by atoms with van der Waals surface area (Å²) in [6.07, 6.45) is -0.694. The summed E-state index contributed by atoms with van der Waals surface area (Å²) in [5.74, 6) is -0.208. The molecule has 0 spiro atoms. The smallest absolute Gasteiger partial charge is 0.417 e. The van der Waals surface area contributed by atoms with E-state index in [1.165, 1.54) is 12.6 Å². The fourth-order valence-electron chi connectivity index (χ4n) is 1.29. The first-order valence-corrected chi connectivity index (χ1v) is 6.14. The Morgan fingerprint density at radius 2 is 2.00 bits per heavy atom. The van der Waals surface area contributed by atoms with Gasteiger partial charge in [-0.1, -0.05) is 18.2 Å². The molecule has 0 saturated heterocycles. The van der Waals surface area contributed by atoms with Crippen molar-refractivity contribution >= 4 is 28.4 Å².